The molecule has 1 aromatic rings. The van der Waals surface area contributed by atoms with E-state index in [0.29, 0.717) is 17.8 Å². The topological polar surface area (TPSA) is 23.5 Å². The van der Waals surface area contributed by atoms with E-state index < -0.39 is 6.10 Å². The lowest BCUT2D eigenvalue weighted by Gasteiger charge is -2.38. The maximum atomic E-state index is 14.1. The molecule has 0 aliphatic heterocycles. The number of anilines is 1. The number of rotatable bonds is 4. The fraction of sp³-hybridized carbons (Fsp3) is 0.467. The maximum absolute atomic E-state index is 14.1. The van der Waals surface area contributed by atoms with Gasteiger partial charge in [-0.05, 0) is 33.8 Å². The molecule has 0 heterocycles. The summed E-state index contributed by atoms with van der Waals surface area (Å²) < 4.78 is 14.1. The molecule has 0 saturated heterocycles. The van der Waals surface area contributed by atoms with Crippen molar-refractivity contribution in [3.05, 3.63) is 42.2 Å². The van der Waals surface area contributed by atoms with Gasteiger partial charge in [0.2, 0.25) is 0 Å². The van der Waals surface area contributed by atoms with E-state index >= 15 is 0 Å². The van der Waals surface area contributed by atoms with Crippen molar-refractivity contribution in [2.45, 2.75) is 39.3 Å². The molecule has 0 fully saturated rings. The van der Waals surface area contributed by atoms with Crippen molar-refractivity contribution in [3.8, 4) is 0 Å². The molecule has 2 nitrogen and oxygen atoms in total. The molecule has 0 saturated carbocycles. The predicted molar refractivity (Wildman–Crippen MR) is 74.3 cm³/mol. The van der Waals surface area contributed by atoms with E-state index in [-0.39, 0.29) is 11.4 Å². The summed E-state index contributed by atoms with van der Waals surface area (Å²) in [6, 6.07) is 4.80. The van der Waals surface area contributed by atoms with Crippen LogP contribution < -0.4 is 4.90 Å². The van der Waals surface area contributed by atoms with E-state index in [0.717, 1.165) is 0 Å². The SMILES string of the molecule is C=CCN(c1c(F)cccc1[C@H](C)O)C(C)(C)C. The molecule has 1 aromatic carbocycles. The Morgan fingerprint density at radius 3 is 2.50 bits per heavy atom. The molecule has 1 atom stereocenters. The Morgan fingerprint density at radius 1 is 1.44 bits per heavy atom. The van der Waals surface area contributed by atoms with E-state index in [1.807, 2.05) is 25.7 Å². The Kier molecular flexibility index (Phi) is 4.52. The van der Waals surface area contributed by atoms with Gasteiger partial charge in [-0.3, -0.25) is 0 Å². The highest BCUT2D eigenvalue weighted by atomic mass is 19.1. The van der Waals surface area contributed by atoms with Crippen LogP contribution in [-0.2, 0) is 0 Å². The average molecular weight is 251 g/mol. The first-order valence-corrected chi connectivity index (χ1v) is 6.14. The zero-order chi connectivity index (χ0) is 13.9. The zero-order valence-electron chi connectivity index (χ0n) is 11.6. The van der Waals surface area contributed by atoms with E-state index in [9.17, 15) is 9.50 Å². The summed E-state index contributed by atoms with van der Waals surface area (Å²) in [6.07, 6.45) is 1.04. The molecular formula is C15H22FNO. The van der Waals surface area contributed by atoms with E-state index in [2.05, 4.69) is 6.58 Å². The highest BCUT2D eigenvalue weighted by molar-refractivity contribution is 5.57. The van der Waals surface area contributed by atoms with Gasteiger partial charge in [0.15, 0.2) is 0 Å². The number of hydrogen-bond donors (Lipinski definition) is 1. The second kappa shape index (κ2) is 5.53. The summed E-state index contributed by atoms with van der Waals surface area (Å²) in [5, 5.41) is 9.79. The van der Waals surface area contributed by atoms with Crippen molar-refractivity contribution in [3.63, 3.8) is 0 Å². The number of nitrogens with zero attached hydrogens (tertiary/aromatic N) is 1. The average Bonchev–Trinajstić information content (AvgIpc) is 2.24. The summed E-state index contributed by atoms with van der Waals surface area (Å²) in [6.45, 7) is 11.9. The molecule has 0 spiro atoms. The molecule has 0 aromatic heterocycles. The number of hydrogen-bond acceptors (Lipinski definition) is 2. The van der Waals surface area contributed by atoms with Gasteiger partial charge < -0.3 is 10.0 Å². The van der Waals surface area contributed by atoms with Crippen LogP contribution in [0.15, 0.2) is 30.9 Å². The van der Waals surface area contributed by atoms with Gasteiger partial charge >= 0.3 is 0 Å². The number of benzene rings is 1. The van der Waals surface area contributed by atoms with Gasteiger partial charge in [-0.15, -0.1) is 6.58 Å². The number of para-hydroxylation sites is 1. The van der Waals surface area contributed by atoms with Crippen molar-refractivity contribution >= 4 is 5.69 Å². The third-order valence-electron chi connectivity index (χ3n) is 2.86. The largest absolute Gasteiger partial charge is 0.389 e. The molecule has 100 valence electrons. The van der Waals surface area contributed by atoms with Gasteiger partial charge in [0, 0.05) is 17.6 Å². The first-order valence-electron chi connectivity index (χ1n) is 6.14. The lowest BCUT2D eigenvalue weighted by atomic mass is 10.00. The Morgan fingerprint density at radius 2 is 2.06 bits per heavy atom. The van der Waals surface area contributed by atoms with Crippen LogP contribution in [-0.4, -0.2) is 17.2 Å². The van der Waals surface area contributed by atoms with Crippen molar-refractivity contribution < 1.29 is 9.50 Å². The van der Waals surface area contributed by atoms with Crippen molar-refractivity contribution in [1.82, 2.24) is 0 Å². The van der Waals surface area contributed by atoms with Crippen LogP contribution in [0, 0.1) is 5.82 Å². The van der Waals surface area contributed by atoms with Crippen LogP contribution in [0.1, 0.15) is 39.4 Å². The monoisotopic (exact) mass is 251 g/mol. The third-order valence-corrected chi connectivity index (χ3v) is 2.86. The van der Waals surface area contributed by atoms with Crippen LogP contribution in [0.25, 0.3) is 0 Å². The fourth-order valence-electron chi connectivity index (χ4n) is 1.98. The molecule has 0 aliphatic carbocycles. The molecule has 0 radical (unpaired) electrons. The van der Waals surface area contributed by atoms with Gasteiger partial charge in [0.1, 0.15) is 5.82 Å². The van der Waals surface area contributed by atoms with E-state index in [1.54, 1.807) is 25.1 Å². The zero-order valence-corrected chi connectivity index (χ0v) is 11.6. The molecule has 1 N–H and O–H groups in total. The molecular weight excluding hydrogens is 229 g/mol. The van der Waals surface area contributed by atoms with Crippen molar-refractivity contribution in [2.75, 3.05) is 11.4 Å². The molecule has 18 heavy (non-hydrogen) atoms. The van der Waals surface area contributed by atoms with Crippen molar-refractivity contribution in [1.29, 1.82) is 0 Å². The van der Waals surface area contributed by atoms with Gasteiger partial charge in [-0.2, -0.15) is 0 Å². The quantitative estimate of drug-likeness (QED) is 0.825. The summed E-state index contributed by atoms with van der Waals surface area (Å²) in [5.74, 6) is -0.315. The highest BCUT2D eigenvalue weighted by Gasteiger charge is 2.26. The molecule has 0 amide bonds. The molecule has 0 bridgehead atoms. The summed E-state index contributed by atoms with van der Waals surface area (Å²) >= 11 is 0. The second-order valence-corrected chi connectivity index (χ2v) is 5.42. The van der Waals surface area contributed by atoms with Gasteiger partial charge in [0.25, 0.3) is 0 Å². The third kappa shape index (κ3) is 3.10. The first-order chi connectivity index (χ1) is 8.29. The van der Waals surface area contributed by atoms with Crippen LogP contribution >= 0.6 is 0 Å². The minimum Gasteiger partial charge on any atom is -0.389 e. The van der Waals surface area contributed by atoms with Gasteiger partial charge in [-0.25, -0.2) is 4.39 Å². The van der Waals surface area contributed by atoms with Crippen LogP contribution in [0.2, 0.25) is 0 Å². The molecule has 0 aliphatic rings. The number of aliphatic hydroxyl groups excluding tert-OH is 1. The Balaban J connectivity index is 3.39. The molecule has 1 rings (SSSR count). The minimum absolute atomic E-state index is 0.250. The highest BCUT2D eigenvalue weighted by Crippen LogP contribution is 2.33. The molecule has 3 heteroatoms. The summed E-state index contributed by atoms with van der Waals surface area (Å²) in [5.41, 5.74) is 0.812. The van der Waals surface area contributed by atoms with Gasteiger partial charge in [0.05, 0.1) is 11.8 Å². The summed E-state index contributed by atoms with van der Waals surface area (Å²) in [4.78, 5) is 1.91. The Bertz CT molecular complexity index is 421. The van der Waals surface area contributed by atoms with Gasteiger partial charge in [-0.1, -0.05) is 18.2 Å². The predicted octanol–water partition coefficient (Wildman–Crippen LogP) is 3.67. The van der Waals surface area contributed by atoms with E-state index in [1.165, 1.54) is 6.07 Å². The lowest BCUT2D eigenvalue weighted by molar-refractivity contribution is 0.199. The number of halogens is 1. The first kappa shape index (κ1) is 14.7. The molecule has 0 unspecified atom stereocenters. The maximum Gasteiger partial charge on any atom is 0.146 e. The van der Waals surface area contributed by atoms with Crippen LogP contribution in [0.5, 0.6) is 0 Å². The van der Waals surface area contributed by atoms with Crippen LogP contribution in [0.3, 0.4) is 0 Å². The van der Waals surface area contributed by atoms with E-state index in [4.69, 9.17) is 0 Å². The number of aliphatic hydroxyl groups is 1. The van der Waals surface area contributed by atoms with Crippen LogP contribution in [0.4, 0.5) is 10.1 Å². The standard InChI is InChI=1S/C15H22FNO/c1-6-10-17(15(3,4)5)14-12(11(2)18)8-7-9-13(14)16/h6-9,11,18H,1,10H2,2-5H3/t11-/m0/s1. The summed E-state index contributed by atoms with van der Waals surface area (Å²) in [7, 11) is 0. The smallest absolute Gasteiger partial charge is 0.146 e. The fourth-order valence-corrected chi connectivity index (χ4v) is 1.98. The Labute approximate surface area is 109 Å². The Hall–Kier alpha value is -1.35. The lowest BCUT2D eigenvalue weighted by Crippen LogP contribution is -2.42. The minimum atomic E-state index is -0.703. The normalized spacial score (nSPS) is 13.2. The second-order valence-electron chi connectivity index (χ2n) is 5.42. The van der Waals surface area contributed by atoms with Crippen molar-refractivity contribution in [2.24, 2.45) is 0 Å².